The van der Waals surface area contributed by atoms with E-state index in [1.165, 1.54) is 17.7 Å². The zero-order valence-electron chi connectivity index (χ0n) is 16.4. The summed E-state index contributed by atoms with van der Waals surface area (Å²) in [5.74, 6) is -0.171. The Morgan fingerprint density at radius 1 is 1.10 bits per heavy atom. The van der Waals surface area contributed by atoms with Crippen molar-refractivity contribution in [3.8, 4) is 11.3 Å². The van der Waals surface area contributed by atoms with E-state index in [0.29, 0.717) is 13.2 Å². The number of amides is 1. The predicted molar refractivity (Wildman–Crippen MR) is 113 cm³/mol. The fraction of sp³-hybridized carbons (Fsp3) is 0.200. The highest BCUT2D eigenvalue weighted by Crippen LogP contribution is 2.38. The van der Waals surface area contributed by atoms with Crippen LogP contribution in [-0.2, 0) is 11.3 Å². The number of fused-ring (bicyclic) bond motifs is 2. The van der Waals surface area contributed by atoms with Crippen LogP contribution in [0.5, 0.6) is 0 Å². The molecule has 0 saturated carbocycles. The lowest BCUT2D eigenvalue weighted by Gasteiger charge is -2.43. The van der Waals surface area contributed by atoms with Crippen LogP contribution in [0.4, 0.5) is 9.18 Å². The van der Waals surface area contributed by atoms with Crippen molar-refractivity contribution in [3.05, 3.63) is 95.4 Å². The Bertz CT molecular complexity index is 1110. The van der Waals surface area contributed by atoms with Crippen LogP contribution >= 0.6 is 0 Å². The highest BCUT2D eigenvalue weighted by atomic mass is 19.1. The average Bonchev–Trinajstić information content (AvgIpc) is 2.78. The number of halogens is 1. The molecule has 0 N–H and O–H groups in total. The molecular formula is C25H21FN2O2. The third-order valence-electron chi connectivity index (χ3n) is 5.85. The summed E-state index contributed by atoms with van der Waals surface area (Å²) < 4.78 is 18.7. The quantitative estimate of drug-likeness (QED) is 0.590. The molecule has 3 heterocycles. The maximum Gasteiger partial charge on any atom is 0.410 e. The van der Waals surface area contributed by atoms with Crippen LogP contribution in [0.15, 0.2) is 72.9 Å². The second kappa shape index (κ2) is 7.75. The molecule has 2 aliphatic rings. The summed E-state index contributed by atoms with van der Waals surface area (Å²) >= 11 is 0. The molecule has 150 valence electrons. The second-order valence-electron chi connectivity index (χ2n) is 7.67. The Balaban J connectivity index is 1.43. The van der Waals surface area contributed by atoms with Gasteiger partial charge in [-0.05, 0) is 34.9 Å². The van der Waals surface area contributed by atoms with Crippen LogP contribution in [0.2, 0.25) is 0 Å². The topological polar surface area (TPSA) is 42.4 Å². The molecule has 2 aliphatic heterocycles. The van der Waals surface area contributed by atoms with Crippen LogP contribution in [0.25, 0.3) is 17.3 Å². The van der Waals surface area contributed by atoms with Gasteiger partial charge < -0.3 is 4.74 Å². The van der Waals surface area contributed by atoms with Crippen LogP contribution in [-0.4, -0.2) is 28.6 Å². The van der Waals surface area contributed by atoms with Crippen molar-refractivity contribution in [2.24, 2.45) is 0 Å². The number of rotatable bonds is 3. The first-order valence-electron chi connectivity index (χ1n) is 10.1. The third kappa shape index (κ3) is 3.47. The Labute approximate surface area is 174 Å². The second-order valence-corrected chi connectivity index (χ2v) is 7.67. The molecule has 4 nitrogen and oxygen atoms in total. The van der Waals surface area contributed by atoms with E-state index in [1.807, 2.05) is 41.3 Å². The minimum atomic E-state index is -0.273. The van der Waals surface area contributed by atoms with E-state index in [2.05, 4.69) is 23.2 Å². The van der Waals surface area contributed by atoms with Crippen molar-refractivity contribution in [2.75, 3.05) is 6.61 Å². The maximum atomic E-state index is 13.5. The average molecular weight is 400 g/mol. The van der Waals surface area contributed by atoms with E-state index in [0.717, 1.165) is 28.8 Å². The largest absolute Gasteiger partial charge is 0.449 e. The van der Waals surface area contributed by atoms with Crippen molar-refractivity contribution < 1.29 is 13.9 Å². The number of hydrogen-bond acceptors (Lipinski definition) is 3. The van der Waals surface area contributed by atoms with Gasteiger partial charge in [-0.15, -0.1) is 0 Å². The number of pyridine rings is 1. The zero-order valence-corrected chi connectivity index (χ0v) is 16.4. The van der Waals surface area contributed by atoms with Crippen LogP contribution < -0.4 is 0 Å². The van der Waals surface area contributed by atoms with E-state index in [-0.39, 0.29) is 23.9 Å². The predicted octanol–water partition coefficient (Wildman–Crippen LogP) is 5.41. The molecule has 0 radical (unpaired) electrons. The van der Waals surface area contributed by atoms with Gasteiger partial charge in [0.05, 0.1) is 12.3 Å². The van der Waals surface area contributed by atoms with E-state index < -0.39 is 0 Å². The molecule has 5 heteroatoms. The Hall–Kier alpha value is -3.47. The van der Waals surface area contributed by atoms with Gasteiger partial charge in [0.1, 0.15) is 5.82 Å². The SMILES string of the molecule is O=C1OCC[C@@H]2C(C=Cc3ccc(-c4cccc(F)c4)nc3)c3ccccc3CN12. The monoisotopic (exact) mass is 400 g/mol. The van der Waals surface area contributed by atoms with Crippen LogP contribution in [0.3, 0.4) is 0 Å². The van der Waals surface area contributed by atoms with E-state index >= 15 is 0 Å². The summed E-state index contributed by atoms with van der Waals surface area (Å²) in [5, 5.41) is 0. The number of cyclic esters (lactones) is 1. The Morgan fingerprint density at radius 3 is 2.83 bits per heavy atom. The van der Waals surface area contributed by atoms with Gasteiger partial charge in [-0.25, -0.2) is 9.18 Å². The van der Waals surface area contributed by atoms with Crippen LogP contribution in [0.1, 0.15) is 29.0 Å². The third-order valence-corrected chi connectivity index (χ3v) is 5.85. The lowest BCUT2D eigenvalue weighted by molar-refractivity contribution is 0.0315. The normalized spacial score (nSPS) is 20.6. The zero-order chi connectivity index (χ0) is 20.5. The molecule has 1 unspecified atom stereocenters. The van der Waals surface area contributed by atoms with Gasteiger partial charge in [0.15, 0.2) is 0 Å². The van der Waals surface area contributed by atoms with Gasteiger partial charge in [-0.3, -0.25) is 9.88 Å². The highest BCUT2D eigenvalue weighted by molar-refractivity contribution is 5.70. The minimum Gasteiger partial charge on any atom is -0.449 e. The molecule has 1 amide bonds. The van der Waals surface area contributed by atoms with E-state index in [1.54, 1.807) is 12.3 Å². The number of aromatic nitrogens is 1. The summed E-state index contributed by atoms with van der Waals surface area (Å²) in [6.45, 7) is 1.05. The van der Waals surface area contributed by atoms with E-state index in [9.17, 15) is 9.18 Å². The number of benzene rings is 2. The molecule has 3 aromatic rings. The van der Waals surface area contributed by atoms with Gasteiger partial charge in [-0.2, -0.15) is 0 Å². The molecule has 0 spiro atoms. The Kier molecular flexibility index (Phi) is 4.79. The van der Waals surface area contributed by atoms with Gasteiger partial charge in [0, 0.05) is 36.7 Å². The molecule has 2 aromatic carbocycles. The lowest BCUT2D eigenvalue weighted by atomic mass is 9.81. The number of ether oxygens (including phenoxy) is 1. The molecule has 1 aromatic heterocycles. The van der Waals surface area contributed by atoms with Gasteiger partial charge in [-0.1, -0.05) is 54.6 Å². The number of hydrogen-bond donors (Lipinski definition) is 0. The molecule has 1 saturated heterocycles. The fourth-order valence-electron chi connectivity index (χ4n) is 4.36. The number of carbonyl (C=O) groups is 1. The van der Waals surface area contributed by atoms with Gasteiger partial charge in [0.25, 0.3) is 0 Å². The summed E-state index contributed by atoms with van der Waals surface area (Å²) in [6, 6.07) is 18.7. The number of nitrogens with zero attached hydrogens (tertiary/aromatic N) is 2. The molecular weight excluding hydrogens is 379 g/mol. The maximum absolute atomic E-state index is 13.5. The standard InChI is InChI=1S/C25H21FN2O2/c26-20-6-3-5-18(14-20)23-11-9-17(15-27-23)8-10-22-21-7-2-1-4-19(21)16-28-24(22)12-13-30-25(28)29/h1-11,14-15,22,24H,12-13,16H2/t22?,24-/m1/s1. The van der Waals surface area contributed by atoms with Crippen molar-refractivity contribution in [2.45, 2.75) is 24.9 Å². The molecule has 1 fully saturated rings. The highest BCUT2D eigenvalue weighted by Gasteiger charge is 2.39. The Morgan fingerprint density at radius 2 is 2.00 bits per heavy atom. The van der Waals surface area contributed by atoms with Crippen molar-refractivity contribution in [1.29, 1.82) is 0 Å². The van der Waals surface area contributed by atoms with Gasteiger partial charge in [0.2, 0.25) is 0 Å². The summed E-state index contributed by atoms with van der Waals surface area (Å²) in [5.41, 5.74) is 4.86. The minimum absolute atomic E-state index is 0.0944. The summed E-state index contributed by atoms with van der Waals surface area (Å²) in [4.78, 5) is 18.6. The first-order valence-corrected chi connectivity index (χ1v) is 10.1. The van der Waals surface area contributed by atoms with Gasteiger partial charge >= 0.3 is 6.09 Å². The number of carbonyl (C=O) groups excluding carboxylic acids is 1. The first-order chi connectivity index (χ1) is 14.7. The van der Waals surface area contributed by atoms with E-state index in [4.69, 9.17) is 4.74 Å². The smallest absolute Gasteiger partial charge is 0.410 e. The first kappa shape index (κ1) is 18.6. The fourth-order valence-corrected chi connectivity index (χ4v) is 4.36. The van der Waals surface area contributed by atoms with Crippen molar-refractivity contribution in [3.63, 3.8) is 0 Å². The molecule has 5 rings (SSSR count). The van der Waals surface area contributed by atoms with Crippen molar-refractivity contribution in [1.82, 2.24) is 9.88 Å². The molecule has 30 heavy (non-hydrogen) atoms. The summed E-state index contributed by atoms with van der Waals surface area (Å²) in [6.07, 6.45) is 6.57. The molecule has 0 bridgehead atoms. The molecule has 0 aliphatic carbocycles. The van der Waals surface area contributed by atoms with Crippen molar-refractivity contribution >= 4 is 12.2 Å². The lowest BCUT2D eigenvalue weighted by Crippen LogP contribution is -2.50. The van der Waals surface area contributed by atoms with Crippen LogP contribution in [0, 0.1) is 5.82 Å². The molecule has 2 atom stereocenters. The summed E-state index contributed by atoms with van der Waals surface area (Å²) in [7, 11) is 0.